The average molecular weight is 433 g/mol. The Kier molecular flexibility index (Phi) is 5.09. The summed E-state index contributed by atoms with van der Waals surface area (Å²) in [4.78, 5) is 38.5. The van der Waals surface area contributed by atoms with Gasteiger partial charge in [0.15, 0.2) is 11.5 Å². The van der Waals surface area contributed by atoms with Gasteiger partial charge in [0.25, 0.3) is 5.91 Å². The van der Waals surface area contributed by atoms with Crippen LogP contribution in [0.2, 0.25) is 0 Å². The number of imide groups is 1. The van der Waals surface area contributed by atoms with E-state index in [9.17, 15) is 23.2 Å². The lowest BCUT2D eigenvalue weighted by atomic mass is 9.91. The Bertz CT molecular complexity index is 1050. The minimum absolute atomic E-state index is 0.0668. The predicted molar refractivity (Wildman–Crippen MR) is 102 cm³/mol. The van der Waals surface area contributed by atoms with Gasteiger partial charge in [-0.25, -0.2) is 4.79 Å². The number of benzene rings is 2. The normalized spacial score (nSPS) is 19.5. The summed E-state index contributed by atoms with van der Waals surface area (Å²) < 4.78 is 39.2. The van der Waals surface area contributed by atoms with Gasteiger partial charge in [0.2, 0.25) is 12.7 Å². The molecule has 31 heavy (non-hydrogen) atoms. The number of halogens is 2. The second-order valence-corrected chi connectivity index (χ2v) is 6.97. The summed E-state index contributed by atoms with van der Waals surface area (Å²) in [7, 11) is 0. The minimum Gasteiger partial charge on any atom is -0.454 e. The van der Waals surface area contributed by atoms with E-state index in [0.29, 0.717) is 17.1 Å². The number of hydrogen-bond acceptors (Lipinski definition) is 6. The summed E-state index contributed by atoms with van der Waals surface area (Å²) in [6.45, 7) is -1.89. The van der Waals surface area contributed by atoms with Gasteiger partial charge in [-0.1, -0.05) is 6.07 Å². The molecular formula is C20H17F2N3O6. The first-order chi connectivity index (χ1) is 14.8. The molecule has 0 spiro atoms. The maximum atomic E-state index is 13.0. The first kappa shape index (κ1) is 20.4. The molecule has 2 aromatic rings. The summed E-state index contributed by atoms with van der Waals surface area (Å²) in [5.41, 5.74) is -0.614. The van der Waals surface area contributed by atoms with Crippen molar-refractivity contribution in [3.63, 3.8) is 0 Å². The predicted octanol–water partition coefficient (Wildman–Crippen LogP) is 2.42. The van der Waals surface area contributed by atoms with Crippen LogP contribution < -0.4 is 24.8 Å². The first-order valence-corrected chi connectivity index (χ1v) is 9.15. The Hall–Kier alpha value is -3.89. The number of carbonyl (C=O) groups excluding carboxylic acids is 3. The fourth-order valence-electron chi connectivity index (χ4n) is 3.31. The van der Waals surface area contributed by atoms with Crippen LogP contribution in [0, 0.1) is 0 Å². The Morgan fingerprint density at radius 3 is 2.61 bits per heavy atom. The van der Waals surface area contributed by atoms with E-state index in [4.69, 9.17) is 9.47 Å². The van der Waals surface area contributed by atoms with Gasteiger partial charge < -0.3 is 24.8 Å². The molecule has 0 bridgehead atoms. The molecule has 4 rings (SSSR count). The van der Waals surface area contributed by atoms with Crippen molar-refractivity contribution >= 4 is 23.5 Å². The van der Waals surface area contributed by atoms with Crippen LogP contribution in [0.5, 0.6) is 17.2 Å². The number of nitrogens with one attached hydrogen (secondary N) is 2. The number of urea groups is 1. The third-order valence-electron chi connectivity index (χ3n) is 4.89. The average Bonchev–Trinajstić information content (AvgIpc) is 3.27. The maximum absolute atomic E-state index is 13.0. The number of rotatable bonds is 6. The molecule has 2 aliphatic rings. The van der Waals surface area contributed by atoms with Crippen LogP contribution >= 0.6 is 0 Å². The Morgan fingerprint density at radius 2 is 1.90 bits per heavy atom. The van der Waals surface area contributed by atoms with Crippen molar-refractivity contribution in [3.05, 3.63) is 48.0 Å². The van der Waals surface area contributed by atoms with Crippen LogP contribution in [-0.4, -0.2) is 42.7 Å². The van der Waals surface area contributed by atoms with Crippen molar-refractivity contribution in [3.8, 4) is 17.2 Å². The molecule has 2 N–H and O–H groups in total. The van der Waals surface area contributed by atoms with E-state index >= 15 is 0 Å². The summed E-state index contributed by atoms with van der Waals surface area (Å²) in [5, 5.41) is 5.11. The molecule has 11 heteroatoms. The number of hydrogen-bond donors (Lipinski definition) is 2. The molecule has 1 saturated heterocycles. The molecule has 9 nitrogen and oxygen atoms in total. The van der Waals surface area contributed by atoms with Gasteiger partial charge in [-0.2, -0.15) is 8.78 Å². The highest BCUT2D eigenvalue weighted by atomic mass is 19.3. The zero-order chi connectivity index (χ0) is 22.2. The smallest absolute Gasteiger partial charge is 0.387 e. The highest BCUT2D eigenvalue weighted by Crippen LogP contribution is 2.37. The molecule has 1 fully saturated rings. The van der Waals surface area contributed by atoms with Crippen molar-refractivity contribution in [1.82, 2.24) is 10.2 Å². The minimum atomic E-state index is -2.96. The van der Waals surface area contributed by atoms with Crippen molar-refractivity contribution in [2.45, 2.75) is 19.1 Å². The number of amides is 4. The highest BCUT2D eigenvalue weighted by molar-refractivity contribution is 6.10. The SMILES string of the molecule is C[C@@]1(c2ccc3c(c2)OCO3)NC(=O)N(CC(=O)Nc2ccc(OC(F)F)cc2)C1=O. The summed E-state index contributed by atoms with van der Waals surface area (Å²) in [5.74, 6) is -0.323. The van der Waals surface area contributed by atoms with Crippen molar-refractivity contribution < 1.29 is 37.4 Å². The van der Waals surface area contributed by atoms with Crippen molar-refractivity contribution in [2.75, 3.05) is 18.7 Å². The Balaban J connectivity index is 1.43. The lowest BCUT2D eigenvalue weighted by molar-refractivity contribution is -0.133. The standard InChI is InChI=1S/C20H17F2N3O6/c1-20(11-2-7-14-15(8-11)30-10-29-14)17(27)25(19(28)24-20)9-16(26)23-12-3-5-13(6-4-12)31-18(21)22/h2-8,18H,9-10H2,1H3,(H,23,26)(H,24,28)/t20-/m0/s1. The van der Waals surface area contributed by atoms with E-state index < -0.39 is 36.5 Å². The van der Waals surface area contributed by atoms with Gasteiger partial charge in [-0.3, -0.25) is 14.5 Å². The molecule has 0 saturated carbocycles. The quantitative estimate of drug-likeness (QED) is 0.678. The lowest BCUT2D eigenvalue weighted by Gasteiger charge is -2.22. The molecule has 4 amide bonds. The van der Waals surface area contributed by atoms with Crippen LogP contribution in [0.25, 0.3) is 0 Å². The van der Waals surface area contributed by atoms with Gasteiger partial charge in [-0.15, -0.1) is 0 Å². The molecule has 2 aromatic carbocycles. The fraction of sp³-hybridized carbons (Fsp3) is 0.250. The Morgan fingerprint density at radius 1 is 1.19 bits per heavy atom. The third kappa shape index (κ3) is 3.93. The molecule has 0 aromatic heterocycles. The van der Waals surface area contributed by atoms with Crippen LogP contribution in [0.1, 0.15) is 12.5 Å². The summed E-state index contributed by atoms with van der Waals surface area (Å²) >= 11 is 0. The summed E-state index contributed by atoms with van der Waals surface area (Å²) in [6, 6.07) is 9.39. The number of carbonyl (C=O) groups is 3. The molecule has 0 aliphatic carbocycles. The second kappa shape index (κ2) is 7.74. The Labute approximate surface area is 174 Å². The van der Waals surface area contributed by atoms with E-state index in [0.717, 1.165) is 4.90 Å². The third-order valence-corrected chi connectivity index (χ3v) is 4.89. The van der Waals surface area contributed by atoms with E-state index in [1.54, 1.807) is 18.2 Å². The molecular weight excluding hydrogens is 416 g/mol. The zero-order valence-corrected chi connectivity index (χ0v) is 16.2. The van der Waals surface area contributed by atoms with E-state index in [-0.39, 0.29) is 18.2 Å². The topological polar surface area (TPSA) is 106 Å². The molecule has 0 unspecified atom stereocenters. The van der Waals surface area contributed by atoms with E-state index in [1.165, 1.54) is 31.2 Å². The number of anilines is 1. The van der Waals surface area contributed by atoms with Gasteiger partial charge in [0.1, 0.15) is 17.8 Å². The number of ether oxygens (including phenoxy) is 3. The fourth-order valence-corrected chi connectivity index (χ4v) is 3.31. The number of nitrogens with zero attached hydrogens (tertiary/aromatic N) is 1. The largest absolute Gasteiger partial charge is 0.454 e. The van der Waals surface area contributed by atoms with E-state index in [2.05, 4.69) is 15.4 Å². The van der Waals surface area contributed by atoms with Crippen LogP contribution in [0.4, 0.5) is 19.3 Å². The number of fused-ring (bicyclic) bond motifs is 1. The number of alkyl halides is 2. The molecule has 0 radical (unpaired) electrons. The summed E-state index contributed by atoms with van der Waals surface area (Å²) in [6.07, 6.45) is 0. The lowest BCUT2D eigenvalue weighted by Crippen LogP contribution is -2.42. The van der Waals surface area contributed by atoms with E-state index in [1.807, 2.05) is 0 Å². The van der Waals surface area contributed by atoms with Gasteiger partial charge >= 0.3 is 12.6 Å². The molecule has 2 aliphatic heterocycles. The first-order valence-electron chi connectivity index (χ1n) is 9.15. The molecule has 162 valence electrons. The van der Waals surface area contributed by atoms with Gasteiger partial charge in [0.05, 0.1) is 0 Å². The van der Waals surface area contributed by atoms with Gasteiger partial charge in [0, 0.05) is 5.69 Å². The maximum Gasteiger partial charge on any atom is 0.387 e. The van der Waals surface area contributed by atoms with Crippen LogP contribution in [0.3, 0.4) is 0 Å². The van der Waals surface area contributed by atoms with Crippen LogP contribution in [-0.2, 0) is 15.1 Å². The van der Waals surface area contributed by atoms with Crippen LogP contribution in [0.15, 0.2) is 42.5 Å². The zero-order valence-electron chi connectivity index (χ0n) is 16.2. The van der Waals surface area contributed by atoms with Crippen molar-refractivity contribution in [2.24, 2.45) is 0 Å². The molecule has 2 heterocycles. The van der Waals surface area contributed by atoms with Gasteiger partial charge in [-0.05, 0) is 48.9 Å². The second-order valence-electron chi connectivity index (χ2n) is 6.97. The molecule has 1 atom stereocenters. The van der Waals surface area contributed by atoms with Crippen molar-refractivity contribution in [1.29, 1.82) is 0 Å². The highest BCUT2D eigenvalue weighted by Gasteiger charge is 2.49. The monoisotopic (exact) mass is 433 g/mol.